The molecule has 0 amide bonds. The Labute approximate surface area is 144 Å². The van der Waals surface area contributed by atoms with Gasteiger partial charge in [-0.15, -0.1) is 13.2 Å². The molecule has 0 aliphatic carbocycles. The van der Waals surface area contributed by atoms with E-state index in [1.54, 1.807) is 0 Å². The van der Waals surface area contributed by atoms with Crippen LogP contribution in [-0.4, -0.2) is 12.1 Å². The number of hydrogen-bond donors (Lipinski definition) is 1. The van der Waals surface area contributed by atoms with Gasteiger partial charge in [0.1, 0.15) is 5.75 Å². The number of benzene rings is 2. The van der Waals surface area contributed by atoms with E-state index in [0.29, 0.717) is 11.4 Å². The van der Waals surface area contributed by atoms with E-state index >= 15 is 0 Å². The summed E-state index contributed by atoms with van der Waals surface area (Å²) >= 11 is 4.18. The molecule has 0 aliphatic rings. The zero-order chi connectivity index (χ0) is 17.4. The lowest BCUT2D eigenvalue weighted by atomic mass is 10.1. The Hall–Kier alpha value is -2.02. The fourth-order valence-electron chi connectivity index (χ4n) is 2.00. The molecule has 2 aromatic rings. The van der Waals surface area contributed by atoms with Gasteiger partial charge >= 0.3 is 6.36 Å². The van der Waals surface area contributed by atoms with Crippen LogP contribution in [0.2, 0.25) is 0 Å². The van der Waals surface area contributed by atoms with Crippen LogP contribution in [0.4, 0.5) is 24.5 Å². The summed E-state index contributed by atoms with van der Waals surface area (Å²) in [5, 5.41) is 8.07. The summed E-state index contributed by atoms with van der Waals surface area (Å²) in [5.74, 6) is 0.603. The summed E-state index contributed by atoms with van der Waals surface area (Å²) in [6.07, 6.45) is -1.52. The predicted octanol–water partition coefficient (Wildman–Crippen LogP) is 6.25. The van der Waals surface area contributed by atoms with Crippen LogP contribution in [0.25, 0.3) is 0 Å². The minimum absolute atomic E-state index is 0.285. The fourth-order valence-corrected chi connectivity index (χ4v) is 2.22. The van der Waals surface area contributed by atoms with Gasteiger partial charge in [0.25, 0.3) is 0 Å². The third-order valence-corrected chi connectivity index (χ3v) is 3.48. The van der Waals surface area contributed by atoms with Crippen molar-refractivity contribution < 1.29 is 17.9 Å². The maximum absolute atomic E-state index is 12.1. The van der Waals surface area contributed by atoms with Gasteiger partial charge < -0.3 is 4.74 Å². The highest BCUT2D eigenvalue weighted by Crippen LogP contribution is 2.26. The molecule has 24 heavy (non-hydrogen) atoms. The quantitative estimate of drug-likeness (QED) is 0.356. The van der Waals surface area contributed by atoms with Gasteiger partial charge in [-0.1, -0.05) is 12.1 Å². The first kappa shape index (κ1) is 18.3. The number of halogens is 3. The largest absolute Gasteiger partial charge is 0.573 e. The number of hydrogen-bond acceptors (Lipinski definition) is 4. The third kappa shape index (κ3) is 6.62. The van der Waals surface area contributed by atoms with Gasteiger partial charge in [-0.2, -0.15) is 22.9 Å². The molecule has 0 saturated carbocycles. The average Bonchev–Trinajstić information content (AvgIpc) is 2.54. The highest BCUT2D eigenvalue weighted by molar-refractivity contribution is 7.80. The molecular weight excluding hydrogens is 337 g/mol. The summed E-state index contributed by atoms with van der Waals surface area (Å²) in [6.45, 7) is 0. The van der Waals surface area contributed by atoms with Crippen molar-refractivity contribution in [3.05, 3.63) is 54.1 Å². The van der Waals surface area contributed by atoms with Crippen molar-refractivity contribution in [2.75, 3.05) is 5.75 Å². The Morgan fingerprint density at radius 1 is 0.833 bits per heavy atom. The maximum Gasteiger partial charge on any atom is 0.573 e. The summed E-state index contributed by atoms with van der Waals surface area (Å²) in [7, 11) is 0. The third-order valence-electron chi connectivity index (χ3n) is 3.16. The standard InChI is InChI=1S/C17H17F3N2OS/c18-17(19,20)23-16-10-8-15(9-11-16)22-21-14-6-4-13(5-7-14)3-1-2-12-24/h4-11,24H,1-3,12H2. The molecule has 0 fully saturated rings. The molecule has 7 heteroatoms. The molecule has 0 radical (unpaired) electrons. The summed E-state index contributed by atoms with van der Waals surface area (Å²) in [4.78, 5) is 0. The molecule has 0 heterocycles. The minimum Gasteiger partial charge on any atom is -0.406 e. The van der Waals surface area contributed by atoms with Crippen molar-refractivity contribution in [1.82, 2.24) is 0 Å². The van der Waals surface area contributed by atoms with Gasteiger partial charge in [0.2, 0.25) is 0 Å². The molecule has 2 rings (SSSR count). The highest BCUT2D eigenvalue weighted by atomic mass is 32.1. The molecule has 2 aromatic carbocycles. The number of alkyl halides is 3. The lowest BCUT2D eigenvalue weighted by Gasteiger charge is -2.08. The Balaban J connectivity index is 1.93. The lowest BCUT2D eigenvalue weighted by molar-refractivity contribution is -0.274. The predicted molar refractivity (Wildman–Crippen MR) is 90.5 cm³/mol. The first-order chi connectivity index (χ1) is 11.5. The van der Waals surface area contributed by atoms with Crippen LogP contribution in [0.3, 0.4) is 0 Å². The second kappa shape index (κ2) is 8.73. The normalized spacial score (nSPS) is 11.8. The zero-order valence-electron chi connectivity index (χ0n) is 12.8. The van der Waals surface area contributed by atoms with Crippen LogP contribution in [0.1, 0.15) is 18.4 Å². The number of azo groups is 1. The van der Waals surface area contributed by atoms with E-state index in [2.05, 4.69) is 27.6 Å². The van der Waals surface area contributed by atoms with Crippen molar-refractivity contribution in [3.63, 3.8) is 0 Å². The topological polar surface area (TPSA) is 34.0 Å². The van der Waals surface area contributed by atoms with E-state index in [0.717, 1.165) is 25.0 Å². The second-order valence-electron chi connectivity index (χ2n) is 5.09. The van der Waals surface area contributed by atoms with E-state index in [1.165, 1.54) is 29.8 Å². The Bertz CT molecular complexity index is 655. The van der Waals surface area contributed by atoms with Gasteiger partial charge in [-0.3, -0.25) is 0 Å². The lowest BCUT2D eigenvalue weighted by Crippen LogP contribution is -2.16. The molecular formula is C17H17F3N2OS. The van der Waals surface area contributed by atoms with Crippen LogP contribution in [0.15, 0.2) is 58.8 Å². The molecule has 0 aromatic heterocycles. The zero-order valence-corrected chi connectivity index (χ0v) is 13.7. The van der Waals surface area contributed by atoms with Gasteiger partial charge in [0.15, 0.2) is 0 Å². The molecule has 0 bridgehead atoms. The average molecular weight is 354 g/mol. The minimum atomic E-state index is -4.70. The van der Waals surface area contributed by atoms with Crippen LogP contribution >= 0.6 is 12.6 Å². The molecule has 0 atom stereocenters. The van der Waals surface area contributed by atoms with Crippen molar-refractivity contribution in [2.24, 2.45) is 10.2 Å². The molecule has 0 N–H and O–H groups in total. The van der Waals surface area contributed by atoms with Crippen molar-refractivity contribution >= 4 is 24.0 Å². The fraction of sp³-hybridized carbons (Fsp3) is 0.294. The monoisotopic (exact) mass is 354 g/mol. The van der Waals surface area contributed by atoms with Crippen LogP contribution in [0, 0.1) is 0 Å². The van der Waals surface area contributed by atoms with E-state index < -0.39 is 6.36 Å². The van der Waals surface area contributed by atoms with E-state index in [-0.39, 0.29) is 5.75 Å². The van der Waals surface area contributed by atoms with Gasteiger partial charge in [0, 0.05) is 0 Å². The van der Waals surface area contributed by atoms with Crippen LogP contribution in [0.5, 0.6) is 5.75 Å². The Kier molecular flexibility index (Phi) is 6.66. The summed E-state index contributed by atoms with van der Waals surface area (Å²) in [5.41, 5.74) is 2.36. The van der Waals surface area contributed by atoms with Crippen molar-refractivity contribution in [2.45, 2.75) is 25.6 Å². The van der Waals surface area contributed by atoms with Gasteiger partial charge in [-0.05, 0) is 67.0 Å². The van der Waals surface area contributed by atoms with Crippen molar-refractivity contribution in [1.29, 1.82) is 0 Å². The van der Waals surface area contributed by atoms with E-state index in [9.17, 15) is 13.2 Å². The maximum atomic E-state index is 12.1. The number of ether oxygens (including phenoxy) is 1. The van der Waals surface area contributed by atoms with Gasteiger partial charge in [-0.25, -0.2) is 0 Å². The molecule has 3 nitrogen and oxygen atoms in total. The van der Waals surface area contributed by atoms with Crippen LogP contribution < -0.4 is 4.74 Å². The van der Waals surface area contributed by atoms with Gasteiger partial charge in [0.05, 0.1) is 11.4 Å². The van der Waals surface area contributed by atoms with E-state index in [4.69, 9.17) is 0 Å². The number of rotatable bonds is 7. The Morgan fingerprint density at radius 3 is 1.88 bits per heavy atom. The molecule has 0 aliphatic heterocycles. The SMILES string of the molecule is FC(F)(F)Oc1ccc(N=Nc2ccc(CCCCS)cc2)cc1. The molecule has 0 saturated heterocycles. The first-order valence-electron chi connectivity index (χ1n) is 7.43. The second-order valence-corrected chi connectivity index (χ2v) is 5.54. The summed E-state index contributed by atoms with van der Waals surface area (Å²) in [6, 6.07) is 12.9. The van der Waals surface area contributed by atoms with Crippen molar-refractivity contribution in [3.8, 4) is 5.75 Å². The highest BCUT2D eigenvalue weighted by Gasteiger charge is 2.30. The molecule has 128 valence electrons. The smallest absolute Gasteiger partial charge is 0.406 e. The number of unbranched alkanes of at least 4 members (excludes halogenated alkanes) is 1. The molecule has 0 spiro atoms. The summed E-state index contributed by atoms with van der Waals surface area (Å²) < 4.78 is 40.0. The van der Waals surface area contributed by atoms with E-state index in [1.807, 2.05) is 24.3 Å². The number of thiol groups is 1. The first-order valence-corrected chi connectivity index (χ1v) is 8.07. The van der Waals surface area contributed by atoms with Crippen LogP contribution in [-0.2, 0) is 6.42 Å². The number of nitrogens with zero attached hydrogens (tertiary/aromatic N) is 2. The molecule has 0 unspecified atom stereocenters. The number of aryl methyl sites for hydroxylation is 1. The Morgan fingerprint density at radius 2 is 1.38 bits per heavy atom.